The first kappa shape index (κ1) is 22.1. The number of hydrogen-bond donors (Lipinski definition) is 0. The average molecular weight is 405 g/mol. The van der Waals surface area contributed by atoms with Gasteiger partial charge in [0.1, 0.15) is 5.03 Å². The second-order valence-corrected chi connectivity index (χ2v) is 9.92. The second kappa shape index (κ2) is 11.0. The van der Waals surface area contributed by atoms with Crippen molar-refractivity contribution in [3.63, 3.8) is 0 Å². The van der Waals surface area contributed by atoms with Crippen molar-refractivity contribution in [1.29, 1.82) is 0 Å². The molecule has 0 saturated heterocycles. The van der Waals surface area contributed by atoms with E-state index in [4.69, 9.17) is 4.98 Å². The Balaban J connectivity index is 2.01. The average Bonchev–Trinajstić information content (AvgIpc) is 3.06. The Hall–Kier alpha value is -1.17. The van der Waals surface area contributed by atoms with E-state index >= 15 is 0 Å². The van der Waals surface area contributed by atoms with Crippen LogP contribution in [0.2, 0.25) is 0 Å². The summed E-state index contributed by atoms with van der Waals surface area (Å²) in [4.78, 5) is 22.0. The van der Waals surface area contributed by atoms with E-state index in [1.807, 2.05) is 31.2 Å². The highest BCUT2D eigenvalue weighted by molar-refractivity contribution is 7.99. The van der Waals surface area contributed by atoms with Crippen molar-refractivity contribution < 1.29 is 4.79 Å². The third kappa shape index (κ3) is 7.05. The molecule has 0 unspecified atom stereocenters. The molecule has 0 atom stereocenters. The fraction of sp³-hybridized carbons (Fsp3) is 0.545. The fourth-order valence-corrected chi connectivity index (χ4v) is 4.65. The monoisotopic (exact) mass is 404 g/mol. The summed E-state index contributed by atoms with van der Waals surface area (Å²) in [5.41, 5.74) is 1.81. The van der Waals surface area contributed by atoms with Crippen LogP contribution in [-0.4, -0.2) is 42.1 Å². The maximum absolute atomic E-state index is 13.0. The van der Waals surface area contributed by atoms with Gasteiger partial charge in [0, 0.05) is 10.6 Å². The van der Waals surface area contributed by atoms with Crippen LogP contribution < -0.4 is 0 Å². The smallest absolute Gasteiger partial charge is 0.205 e. The molecule has 27 heavy (non-hydrogen) atoms. The number of aryl methyl sites for hydroxylation is 1. The number of aromatic nitrogens is 1. The molecule has 0 spiro atoms. The summed E-state index contributed by atoms with van der Waals surface area (Å²) in [5, 5.41) is 0.894. The van der Waals surface area contributed by atoms with Crippen LogP contribution in [0.15, 0.2) is 29.3 Å². The zero-order valence-corrected chi connectivity index (χ0v) is 18.9. The van der Waals surface area contributed by atoms with Gasteiger partial charge in [0.05, 0.1) is 10.4 Å². The minimum Gasteiger partial charge on any atom is -0.309 e. The van der Waals surface area contributed by atoms with E-state index in [9.17, 15) is 4.79 Å². The van der Waals surface area contributed by atoms with Gasteiger partial charge in [-0.3, -0.25) is 4.79 Å². The zero-order valence-electron chi connectivity index (χ0n) is 17.2. The van der Waals surface area contributed by atoms with Gasteiger partial charge in [-0.25, -0.2) is 4.98 Å². The molecule has 0 bridgehead atoms. The van der Waals surface area contributed by atoms with Crippen molar-refractivity contribution >= 4 is 28.9 Å². The van der Waals surface area contributed by atoms with Crippen molar-refractivity contribution in [2.75, 3.05) is 26.4 Å². The van der Waals surface area contributed by atoms with Crippen LogP contribution in [0.3, 0.4) is 0 Å². The van der Waals surface area contributed by atoms with E-state index in [1.54, 1.807) is 23.1 Å². The van der Waals surface area contributed by atoms with Crippen LogP contribution in [0.1, 0.15) is 71.3 Å². The molecule has 148 valence electrons. The van der Waals surface area contributed by atoms with E-state index in [0.717, 1.165) is 44.8 Å². The molecular formula is C22H32N2OS2. The van der Waals surface area contributed by atoms with Gasteiger partial charge < -0.3 is 4.90 Å². The highest BCUT2D eigenvalue weighted by Gasteiger charge is 2.18. The van der Waals surface area contributed by atoms with E-state index in [1.165, 1.54) is 19.3 Å². The van der Waals surface area contributed by atoms with Crippen molar-refractivity contribution in [2.45, 2.75) is 57.4 Å². The minimum absolute atomic E-state index is 0.101. The van der Waals surface area contributed by atoms with Gasteiger partial charge in [0.15, 0.2) is 0 Å². The molecule has 0 aliphatic rings. The number of nitrogens with zero attached hydrogens (tertiary/aromatic N) is 2. The summed E-state index contributed by atoms with van der Waals surface area (Å²) < 4.78 is 0. The first-order valence-electron chi connectivity index (χ1n) is 9.78. The van der Waals surface area contributed by atoms with Crippen LogP contribution in [0.5, 0.6) is 0 Å². The van der Waals surface area contributed by atoms with E-state index in [2.05, 4.69) is 32.8 Å². The summed E-state index contributed by atoms with van der Waals surface area (Å²) in [6.45, 7) is 7.48. The molecule has 0 aliphatic heterocycles. The van der Waals surface area contributed by atoms with Gasteiger partial charge in [0.25, 0.3) is 0 Å². The molecule has 3 nitrogen and oxygen atoms in total. The molecule has 0 N–H and O–H groups in total. The summed E-state index contributed by atoms with van der Waals surface area (Å²) >= 11 is 3.29. The van der Waals surface area contributed by atoms with Gasteiger partial charge in [-0.2, -0.15) is 0 Å². The maximum Gasteiger partial charge on any atom is 0.205 e. The first-order chi connectivity index (χ1) is 12.9. The standard InChI is InChI=1S/C22H32N2OS2/c1-16(2)19-12-11-18(21(25)20-13-10-17(3)27-20)22(23-19)26-15-9-7-6-8-14-24(4)5/h10-13,16H,6-9,14-15H2,1-5H3. The van der Waals surface area contributed by atoms with Gasteiger partial charge in [-0.15, -0.1) is 23.1 Å². The summed E-state index contributed by atoms with van der Waals surface area (Å²) in [5.74, 6) is 1.48. The zero-order chi connectivity index (χ0) is 19.8. The number of carbonyl (C=O) groups excluding carboxylic acids is 1. The molecule has 0 saturated carbocycles. The van der Waals surface area contributed by atoms with Crippen LogP contribution in [0.25, 0.3) is 0 Å². The fourth-order valence-electron chi connectivity index (χ4n) is 2.80. The number of carbonyl (C=O) groups is 1. The van der Waals surface area contributed by atoms with Gasteiger partial charge in [-0.05, 0) is 76.3 Å². The molecule has 2 rings (SSSR count). The molecule has 5 heteroatoms. The Morgan fingerprint density at radius 3 is 2.48 bits per heavy atom. The Kier molecular flexibility index (Phi) is 9.00. The topological polar surface area (TPSA) is 33.2 Å². The lowest BCUT2D eigenvalue weighted by Crippen LogP contribution is -2.12. The summed E-state index contributed by atoms with van der Waals surface area (Å²) in [7, 11) is 4.24. The van der Waals surface area contributed by atoms with Gasteiger partial charge in [-0.1, -0.05) is 26.7 Å². The molecular weight excluding hydrogens is 372 g/mol. The lowest BCUT2D eigenvalue weighted by molar-refractivity contribution is 0.103. The van der Waals surface area contributed by atoms with Crippen molar-refractivity contribution in [2.24, 2.45) is 0 Å². The predicted molar refractivity (Wildman–Crippen MR) is 119 cm³/mol. The van der Waals surface area contributed by atoms with Crippen molar-refractivity contribution in [3.05, 3.63) is 45.3 Å². The van der Waals surface area contributed by atoms with Crippen LogP contribution in [-0.2, 0) is 0 Å². The van der Waals surface area contributed by atoms with Crippen LogP contribution >= 0.6 is 23.1 Å². The lowest BCUT2D eigenvalue weighted by Gasteiger charge is -2.12. The number of rotatable bonds is 11. The number of hydrogen-bond acceptors (Lipinski definition) is 5. The SMILES string of the molecule is Cc1ccc(C(=O)c2ccc(C(C)C)nc2SCCCCCCN(C)C)s1. The number of thioether (sulfide) groups is 1. The van der Waals surface area contributed by atoms with E-state index in [0.29, 0.717) is 5.92 Å². The number of thiophene rings is 1. The maximum atomic E-state index is 13.0. The second-order valence-electron chi connectivity index (χ2n) is 7.55. The third-order valence-corrected chi connectivity index (χ3v) is 6.50. The van der Waals surface area contributed by atoms with Crippen LogP contribution in [0, 0.1) is 6.92 Å². The molecule has 0 fully saturated rings. The Bertz CT molecular complexity index is 738. The number of pyridine rings is 1. The minimum atomic E-state index is 0.101. The van der Waals surface area contributed by atoms with Crippen molar-refractivity contribution in [3.8, 4) is 0 Å². The van der Waals surface area contributed by atoms with E-state index < -0.39 is 0 Å². The normalized spacial score (nSPS) is 11.5. The molecule has 0 amide bonds. The highest BCUT2D eigenvalue weighted by Crippen LogP contribution is 2.28. The molecule has 0 aliphatic carbocycles. The first-order valence-corrected chi connectivity index (χ1v) is 11.6. The molecule has 2 aromatic heterocycles. The number of unbranched alkanes of at least 4 members (excludes halogenated alkanes) is 3. The molecule has 2 heterocycles. The summed E-state index contributed by atoms with van der Waals surface area (Å²) in [6, 6.07) is 7.91. The predicted octanol–water partition coefficient (Wildman–Crippen LogP) is 6.02. The van der Waals surface area contributed by atoms with E-state index in [-0.39, 0.29) is 5.78 Å². The Morgan fingerprint density at radius 1 is 1.11 bits per heavy atom. The quantitative estimate of drug-likeness (QED) is 0.260. The molecule has 2 aromatic rings. The van der Waals surface area contributed by atoms with Crippen LogP contribution in [0.4, 0.5) is 0 Å². The summed E-state index contributed by atoms with van der Waals surface area (Å²) in [6.07, 6.45) is 4.91. The largest absolute Gasteiger partial charge is 0.309 e. The third-order valence-electron chi connectivity index (χ3n) is 4.42. The molecule has 0 aromatic carbocycles. The highest BCUT2D eigenvalue weighted by atomic mass is 32.2. The Morgan fingerprint density at radius 2 is 1.85 bits per heavy atom. The van der Waals surface area contributed by atoms with Gasteiger partial charge in [0.2, 0.25) is 5.78 Å². The number of ketones is 1. The lowest BCUT2D eigenvalue weighted by atomic mass is 10.1. The molecule has 0 radical (unpaired) electrons. The van der Waals surface area contributed by atoms with Crippen molar-refractivity contribution in [1.82, 2.24) is 9.88 Å². The van der Waals surface area contributed by atoms with Gasteiger partial charge >= 0.3 is 0 Å². The Labute approximate surface area is 172 Å².